The van der Waals surface area contributed by atoms with Crippen LogP contribution in [-0.2, 0) is 14.6 Å². The summed E-state index contributed by atoms with van der Waals surface area (Å²) in [5.41, 5.74) is 1.89. The van der Waals surface area contributed by atoms with Crippen LogP contribution in [0.5, 0.6) is 0 Å². The third-order valence-corrected chi connectivity index (χ3v) is 6.24. The molecule has 124 valence electrons. The Bertz CT molecular complexity index is 979. The van der Waals surface area contributed by atoms with Gasteiger partial charge in [0.05, 0.1) is 20.9 Å². The van der Waals surface area contributed by atoms with Crippen LogP contribution in [0.3, 0.4) is 0 Å². The van der Waals surface area contributed by atoms with Gasteiger partial charge in [-0.1, -0.05) is 41.7 Å². The molecule has 0 saturated heterocycles. The molecule has 0 aliphatic carbocycles. The Morgan fingerprint density at radius 3 is 2.58 bits per heavy atom. The first-order valence-corrected chi connectivity index (χ1v) is 9.86. The Morgan fingerprint density at radius 2 is 1.88 bits per heavy atom. The highest BCUT2D eigenvalue weighted by molar-refractivity contribution is 7.91. The van der Waals surface area contributed by atoms with Crippen molar-refractivity contribution in [1.82, 2.24) is 4.98 Å². The summed E-state index contributed by atoms with van der Waals surface area (Å²) < 4.78 is 25.4. The average molecular weight is 360 g/mol. The first kappa shape index (κ1) is 16.6. The minimum atomic E-state index is -3.46. The van der Waals surface area contributed by atoms with Crippen molar-refractivity contribution in [2.75, 3.05) is 11.1 Å². The number of carbonyl (C=O) groups is 1. The lowest BCUT2D eigenvalue weighted by atomic mass is 10.2. The van der Waals surface area contributed by atoms with Gasteiger partial charge in [0, 0.05) is 6.42 Å². The number of hydrogen-bond acceptors (Lipinski definition) is 5. The second kappa shape index (κ2) is 6.70. The van der Waals surface area contributed by atoms with E-state index in [4.69, 9.17) is 0 Å². The van der Waals surface area contributed by atoms with Gasteiger partial charge in [-0.2, -0.15) is 0 Å². The van der Waals surface area contributed by atoms with E-state index in [2.05, 4.69) is 10.3 Å². The second-order valence-electron chi connectivity index (χ2n) is 5.37. The first-order valence-electron chi connectivity index (χ1n) is 7.39. The van der Waals surface area contributed by atoms with Gasteiger partial charge in [-0.05, 0) is 30.7 Å². The number of anilines is 1. The van der Waals surface area contributed by atoms with E-state index >= 15 is 0 Å². The van der Waals surface area contributed by atoms with E-state index < -0.39 is 9.84 Å². The van der Waals surface area contributed by atoms with Crippen molar-refractivity contribution in [2.45, 2.75) is 18.2 Å². The fourth-order valence-electron chi connectivity index (χ4n) is 2.29. The van der Waals surface area contributed by atoms with Crippen molar-refractivity contribution in [3.8, 4) is 0 Å². The molecule has 0 unspecified atom stereocenters. The van der Waals surface area contributed by atoms with Gasteiger partial charge in [0.1, 0.15) is 0 Å². The highest BCUT2D eigenvalue weighted by atomic mass is 32.2. The predicted octanol–water partition coefficient (Wildman–Crippen LogP) is 3.41. The number of amides is 1. The molecule has 3 rings (SSSR count). The number of thiazole rings is 1. The number of rotatable bonds is 5. The molecule has 0 radical (unpaired) electrons. The number of hydrogen-bond donors (Lipinski definition) is 1. The normalized spacial score (nSPS) is 11.5. The van der Waals surface area contributed by atoms with Crippen LogP contribution in [-0.4, -0.2) is 25.1 Å². The third kappa shape index (κ3) is 3.63. The zero-order valence-corrected chi connectivity index (χ0v) is 14.7. The maximum Gasteiger partial charge on any atom is 0.227 e. The minimum Gasteiger partial charge on any atom is -0.302 e. The topological polar surface area (TPSA) is 76.1 Å². The Morgan fingerprint density at radius 1 is 1.12 bits per heavy atom. The van der Waals surface area contributed by atoms with Gasteiger partial charge in [0.15, 0.2) is 15.0 Å². The molecular formula is C17H16N2O3S2. The van der Waals surface area contributed by atoms with Crippen LogP contribution in [0, 0.1) is 6.92 Å². The number of para-hydroxylation sites is 1. The molecule has 0 fully saturated rings. The molecule has 2 aromatic carbocycles. The third-order valence-electron chi connectivity index (χ3n) is 3.57. The van der Waals surface area contributed by atoms with E-state index in [1.165, 1.54) is 23.5 Å². The lowest BCUT2D eigenvalue weighted by Gasteiger charge is -2.04. The molecule has 0 aliphatic rings. The fraction of sp³-hybridized carbons (Fsp3) is 0.176. The number of sulfone groups is 1. The van der Waals surface area contributed by atoms with Crippen molar-refractivity contribution in [1.29, 1.82) is 0 Å². The zero-order valence-electron chi connectivity index (χ0n) is 13.0. The van der Waals surface area contributed by atoms with Crippen molar-refractivity contribution < 1.29 is 13.2 Å². The number of nitrogens with zero attached hydrogens (tertiary/aromatic N) is 1. The number of nitrogens with one attached hydrogen (secondary N) is 1. The molecule has 0 aliphatic heterocycles. The van der Waals surface area contributed by atoms with E-state index in [0.717, 1.165) is 15.8 Å². The highest BCUT2D eigenvalue weighted by Crippen LogP contribution is 2.27. The van der Waals surface area contributed by atoms with Crippen molar-refractivity contribution in [2.24, 2.45) is 0 Å². The number of fused-ring (bicyclic) bond motifs is 1. The number of carbonyl (C=O) groups excluding carboxylic acids is 1. The standard InChI is InChI=1S/C17H16N2O3S2/c1-12-6-5-9-14-16(12)19-17(23-14)18-15(20)10-11-24(21,22)13-7-3-2-4-8-13/h2-9H,10-11H2,1H3,(H,18,19,20). The lowest BCUT2D eigenvalue weighted by Crippen LogP contribution is -2.17. The van der Waals surface area contributed by atoms with Crippen LogP contribution >= 0.6 is 11.3 Å². The summed E-state index contributed by atoms with van der Waals surface area (Å²) in [6, 6.07) is 14.0. The summed E-state index contributed by atoms with van der Waals surface area (Å²) in [5.74, 6) is -0.585. The second-order valence-corrected chi connectivity index (χ2v) is 8.51. The van der Waals surface area contributed by atoms with E-state index in [-0.39, 0.29) is 23.0 Å². The monoisotopic (exact) mass is 360 g/mol. The molecule has 1 amide bonds. The van der Waals surface area contributed by atoms with E-state index in [9.17, 15) is 13.2 Å². The van der Waals surface area contributed by atoms with Crippen LogP contribution in [0.25, 0.3) is 10.2 Å². The predicted molar refractivity (Wildman–Crippen MR) is 96.1 cm³/mol. The van der Waals surface area contributed by atoms with Crippen LogP contribution < -0.4 is 5.32 Å². The molecule has 24 heavy (non-hydrogen) atoms. The van der Waals surface area contributed by atoms with Crippen LogP contribution in [0.2, 0.25) is 0 Å². The van der Waals surface area contributed by atoms with Gasteiger partial charge < -0.3 is 5.32 Å². The Labute approximate surface area is 144 Å². The van der Waals surface area contributed by atoms with Gasteiger partial charge in [-0.15, -0.1) is 0 Å². The summed E-state index contributed by atoms with van der Waals surface area (Å²) in [6.07, 6.45) is -0.105. The number of aromatic nitrogens is 1. The van der Waals surface area contributed by atoms with Crippen molar-refractivity contribution in [3.63, 3.8) is 0 Å². The molecule has 0 bridgehead atoms. The lowest BCUT2D eigenvalue weighted by molar-refractivity contribution is -0.115. The zero-order chi connectivity index (χ0) is 17.2. The Hall–Kier alpha value is -2.25. The molecule has 1 heterocycles. The Kier molecular flexibility index (Phi) is 4.64. The van der Waals surface area contributed by atoms with Crippen molar-refractivity contribution >= 4 is 42.4 Å². The van der Waals surface area contributed by atoms with Gasteiger partial charge in [0.25, 0.3) is 0 Å². The molecule has 1 aromatic heterocycles. The van der Waals surface area contributed by atoms with E-state index in [1.54, 1.807) is 18.2 Å². The summed E-state index contributed by atoms with van der Waals surface area (Å²) in [6.45, 7) is 1.96. The van der Waals surface area contributed by atoms with Crippen LogP contribution in [0.1, 0.15) is 12.0 Å². The SMILES string of the molecule is Cc1cccc2sc(NC(=O)CCS(=O)(=O)c3ccccc3)nc12. The average Bonchev–Trinajstić information content (AvgIpc) is 2.98. The van der Waals surface area contributed by atoms with Crippen LogP contribution in [0.15, 0.2) is 53.4 Å². The molecule has 3 aromatic rings. The molecule has 0 spiro atoms. The minimum absolute atomic E-state index is 0.105. The van der Waals surface area contributed by atoms with E-state index in [1.807, 2.05) is 25.1 Å². The van der Waals surface area contributed by atoms with Gasteiger partial charge in [0.2, 0.25) is 5.91 Å². The number of benzene rings is 2. The molecule has 1 N–H and O–H groups in total. The summed E-state index contributed by atoms with van der Waals surface area (Å²) >= 11 is 1.38. The van der Waals surface area contributed by atoms with Gasteiger partial charge in [-0.3, -0.25) is 4.79 Å². The first-order chi connectivity index (χ1) is 11.5. The summed E-state index contributed by atoms with van der Waals surface area (Å²) in [4.78, 5) is 16.7. The highest BCUT2D eigenvalue weighted by Gasteiger charge is 2.17. The smallest absolute Gasteiger partial charge is 0.227 e. The van der Waals surface area contributed by atoms with Crippen molar-refractivity contribution in [3.05, 3.63) is 54.1 Å². The Balaban J connectivity index is 1.66. The maximum atomic E-state index is 12.2. The fourth-order valence-corrected chi connectivity index (χ4v) is 4.52. The molecular weight excluding hydrogens is 344 g/mol. The van der Waals surface area contributed by atoms with Crippen LogP contribution in [0.4, 0.5) is 5.13 Å². The molecule has 5 nitrogen and oxygen atoms in total. The molecule has 0 saturated carbocycles. The summed E-state index contributed by atoms with van der Waals surface area (Å²) in [7, 11) is -3.46. The maximum absolute atomic E-state index is 12.2. The van der Waals surface area contributed by atoms with Gasteiger partial charge in [-0.25, -0.2) is 13.4 Å². The molecule has 0 atom stereocenters. The van der Waals surface area contributed by atoms with Gasteiger partial charge >= 0.3 is 0 Å². The summed E-state index contributed by atoms with van der Waals surface area (Å²) in [5, 5.41) is 3.17. The van der Waals surface area contributed by atoms with E-state index in [0.29, 0.717) is 5.13 Å². The molecule has 7 heteroatoms. The quantitative estimate of drug-likeness (QED) is 0.756. The number of aryl methyl sites for hydroxylation is 1. The largest absolute Gasteiger partial charge is 0.302 e.